The highest BCUT2D eigenvalue weighted by Gasteiger charge is 2.31. The molecule has 6 nitrogen and oxygen atoms in total. The van der Waals surface area contributed by atoms with Crippen LogP contribution >= 0.6 is 0 Å². The van der Waals surface area contributed by atoms with Crippen LogP contribution in [-0.4, -0.2) is 44.5 Å². The fourth-order valence-corrected chi connectivity index (χ4v) is 4.13. The zero-order valence-electron chi connectivity index (χ0n) is 17.0. The van der Waals surface area contributed by atoms with Gasteiger partial charge in [0, 0.05) is 24.8 Å². The van der Waals surface area contributed by atoms with Crippen LogP contribution in [0, 0.1) is 0 Å². The summed E-state index contributed by atoms with van der Waals surface area (Å²) >= 11 is 0. The van der Waals surface area contributed by atoms with E-state index in [2.05, 4.69) is 46.4 Å². The minimum atomic E-state index is -3.44. The predicted molar refractivity (Wildman–Crippen MR) is 113 cm³/mol. The molecule has 28 heavy (non-hydrogen) atoms. The summed E-state index contributed by atoms with van der Waals surface area (Å²) in [5.41, 5.74) is 3.15. The van der Waals surface area contributed by atoms with Crippen molar-refractivity contribution < 1.29 is 13.2 Å². The maximum absolute atomic E-state index is 12.5. The molecular formula is C21H29N3O3S. The first-order valence-electron chi connectivity index (χ1n) is 9.58. The second kappa shape index (κ2) is 8.09. The van der Waals surface area contributed by atoms with Crippen molar-refractivity contribution in [1.82, 2.24) is 4.98 Å². The number of morpholine rings is 1. The van der Waals surface area contributed by atoms with E-state index in [1.54, 1.807) is 39.1 Å². The molecule has 1 N–H and O–H groups in total. The Morgan fingerprint density at radius 2 is 1.71 bits per heavy atom. The van der Waals surface area contributed by atoms with Gasteiger partial charge in [-0.25, -0.2) is 13.4 Å². The largest absolute Gasteiger partial charge is 0.378 e. The molecule has 0 bridgehead atoms. The molecule has 1 fully saturated rings. The zero-order chi connectivity index (χ0) is 20.4. The zero-order valence-corrected chi connectivity index (χ0v) is 17.8. The van der Waals surface area contributed by atoms with Crippen LogP contribution in [0.5, 0.6) is 0 Å². The standard InChI is InChI=1S/C21H29N3O3S/c1-16(17-5-8-19(9-6-17)24-11-13-27-14-12-24)23-18-7-10-20(22-15-18)28(25,26)21(2,3)4/h5-10,15-16,23H,11-14H2,1-4H3. The molecule has 1 aliphatic rings. The monoisotopic (exact) mass is 403 g/mol. The first-order valence-corrected chi connectivity index (χ1v) is 11.1. The number of benzene rings is 1. The SMILES string of the molecule is CC(Nc1ccc(S(=O)(=O)C(C)(C)C)nc1)c1ccc(N2CCOCC2)cc1. The number of ether oxygens (including phenoxy) is 1. The quantitative estimate of drug-likeness (QED) is 0.821. The molecule has 0 amide bonds. The minimum Gasteiger partial charge on any atom is -0.378 e. The number of hydrogen-bond donors (Lipinski definition) is 1. The molecule has 1 unspecified atom stereocenters. The van der Waals surface area contributed by atoms with Crippen LogP contribution in [0.1, 0.15) is 39.3 Å². The summed E-state index contributed by atoms with van der Waals surface area (Å²) < 4.78 is 29.5. The van der Waals surface area contributed by atoms with Crippen LogP contribution in [-0.2, 0) is 14.6 Å². The fraction of sp³-hybridized carbons (Fsp3) is 0.476. The van der Waals surface area contributed by atoms with Crippen LogP contribution in [0.4, 0.5) is 11.4 Å². The summed E-state index contributed by atoms with van der Waals surface area (Å²) in [7, 11) is -3.44. The van der Waals surface area contributed by atoms with Crippen LogP contribution in [0.2, 0.25) is 0 Å². The maximum Gasteiger partial charge on any atom is 0.200 e. The lowest BCUT2D eigenvalue weighted by Crippen LogP contribution is -2.36. The van der Waals surface area contributed by atoms with Crippen molar-refractivity contribution in [3.8, 4) is 0 Å². The fourth-order valence-electron chi connectivity index (χ4n) is 3.07. The summed E-state index contributed by atoms with van der Waals surface area (Å²) in [6, 6.07) is 11.9. The van der Waals surface area contributed by atoms with Gasteiger partial charge in [0.2, 0.25) is 0 Å². The number of sulfone groups is 1. The minimum absolute atomic E-state index is 0.0746. The van der Waals surface area contributed by atoms with E-state index in [9.17, 15) is 8.42 Å². The summed E-state index contributed by atoms with van der Waals surface area (Å²) in [6.45, 7) is 10.5. The van der Waals surface area contributed by atoms with Gasteiger partial charge in [0.15, 0.2) is 14.9 Å². The van der Waals surface area contributed by atoms with E-state index < -0.39 is 14.6 Å². The van der Waals surface area contributed by atoms with Crippen molar-refractivity contribution in [3.63, 3.8) is 0 Å². The van der Waals surface area contributed by atoms with Gasteiger partial charge in [-0.1, -0.05) is 12.1 Å². The Bertz CT molecular complexity index is 882. The number of anilines is 2. The molecule has 0 spiro atoms. The van der Waals surface area contributed by atoms with Crippen molar-refractivity contribution in [1.29, 1.82) is 0 Å². The predicted octanol–water partition coefficient (Wildman–Crippen LogP) is 3.66. The third kappa shape index (κ3) is 4.47. The first-order chi connectivity index (χ1) is 13.2. The van der Waals surface area contributed by atoms with Crippen LogP contribution in [0.15, 0.2) is 47.6 Å². The molecule has 1 atom stereocenters. The lowest BCUT2D eigenvalue weighted by Gasteiger charge is -2.29. The Morgan fingerprint density at radius 1 is 1.07 bits per heavy atom. The average Bonchev–Trinajstić information content (AvgIpc) is 2.68. The van der Waals surface area contributed by atoms with Crippen molar-refractivity contribution in [3.05, 3.63) is 48.2 Å². The third-order valence-electron chi connectivity index (χ3n) is 4.97. The molecule has 1 aromatic carbocycles. The third-order valence-corrected chi connectivity index (χ3v) is 7.37. The molecule has 0 aliphatic carbocycles. The van der Waals surface area contributed by atoms with Gasteiger partial charge in [-0.2, -0.15) is 0 Å². The van der Waals surface area contributed by atoms with E-state index in [1.807, 2.05) is 0 Å². The second-order valence-corrected chi connectivity index (χ2v) is 10.7. The van der Waals surface area contributed by atoms with Gasteiger partial charge < -0.3 is 15.0 Å². The van der Waals surface area contributed by atoms with Gasteiger partial charge in [0.05, 0.1) is 29.8 Å². The second-order valence-electron chi connectivity index (χ2n) is 8.06. The summed E-state index contributed by atoms with van der Waals surface area (Å²) in [5.74, 6) is 0. The highest BCUT2D eigenvalue weighted by molar-refractivity contribution is 7.92. The van der Waals surface area contributed by atoms with Gasteiger partial charge in [-0.15, -0.1) is 0 Å². The summed E-state index contributed by atoms with van der Waals surface area (Å²) in [4.78, 5) is 6.49. The summed E-state index contributed by atoms with van der Waals surface area (Å²) in [5, 5.41) is 3.49. The van der Waals surface area contributed by atoms with E-state index >= 15 is 0 Å². The molecular weight excluding hydrogens is 374 g/mol. The number of pyridine rings is 1. The van der Waals surface area contributed by atoms with Crippen molar-refractivity contribution in [2.24, 2.45) is 0 Å². The van der Waals surface area contributed by atoms with Gasteiger partial charge in [-0.05, 0) is 57.5 Å². The first kappa shape index (κ1) is 20.6. The Balaban J connectivity index is 1.67. The lowest BCUT2D eigenvalue weighted by atomic mass is 10.1. The average molecular weight is 404 g/mol. The maximum atomic E-state index is 12.5. The number of nitrogens with one attached hydrogen (secondary N) is 1. The van der Waals surface area contributed by atoms with Gasteiger partial charge in [0.25, 0.3) is 0 Å². The van der Waals surface area contributed by atoms with E-state index in [0.29, 0.717) is 0 Å². The van der Waals surface area contributed by atoms with Crippen molar-refractivity contribution >= 4 is 21.2 Å². The topological polar surface area (TPSA) is 71.5 Å². The molecule has 2 aromatic rings. The Hall–Kier alpha value is -2.12. The molecule has 1 saturated heterocycles. The van der Waals surface area contributed by atoms with E-state index in [1.165, 1.54) is 5.69 Å². The Morgan fingerprint density at radius 3 is 2.25 bits per heavy atom. The number of hydrogen-bond acceptors (Lipinski definition) is 6. The Labute approximate surface area is 167 Å². The smallest absolute Gasteiger partial charge is 0.200 e. The Kier molecular flexibility index (Phi) is 5.95. The number of rotatable bonds is 5. The molecule has 1 aliphatic heterocycles. The molecule has 0 saturated carbocycles. The molecule has 3 rings (SSSR count). The van der Waals surface area contributed by atoms with Crippen molar-refractivity contribution in [2.75, 3.05) is 36.5 Å². The van der Waals surface area contributed by atoms with Crippen LogP contribution in [0.3, 0.4) is 0 Å². The van der Waals surface area contributed by atoms with Crippen LogP contribution in [0.25, 0.3) is 0 Å². The van der Waals surface area contributed by atoms with E-state index in [0.717, 1.165) is 37.6 Å². The van der Waals surface area contributed by atoms with Gasteiger partial charge >= 0.3 is 0 Å². The van der Waals surface area contributed by atoms with Gasteiger partial charge in [0.1, 0.15) is 0 Å². The van der Waals surface area contributed by atoms with Crippen molar-refractivity contribution in [2.45, 2.75) is 43.5 Å². The molecule has 7 heteroatoms. The summed E-state index contributed by atoms with van der Waals surface area (Å²) in [6.07, 6.45) is 1.58. The molecule has 2 heterocycles. The number of nitrogens with zero attached hydrogens (tertiary/aromatic N) is 2. The van der Waals surface area contributed by atoms with E-state index in [-0.39, 0.29) is 11.1 Å². The van der Waals surface area contributed by atoms with Crippen LogP contribution < -0.4 is 10.2 Å². The highest BCUT2D eigenvalue weighted by Crippen LogP contribution is 2.26. The highest BCUT2D eigenvalue weighted by atomic mass is 32.2. The van der Waals surface area contributed by atoms with E-state index in [4.69, 9.17) is 4.74 Å². The molecule has 152 valence electrons. The molecule has 0 radical (unpaired) electrons. The molecule has 1 aromatic heterocycles. The normalized spacial score (nSPS) is 16.6. The van der Waals surface area contributed by atoms with Gasteiger partial charge in [-0.3, -0.25) is 0 Å². The lowest BCUT2D eigenvalue weighted by molar-refractivity contribution is 0.122. The number of aromatic nitrogens is 1.